The number of ether oxygens (including phenoxy) is 1. The summed E-state index contributed by atoms with van der Waals surface area (Å²) < 4.78 is 5.86. The lowest BCUT2D eigenvalue weighted by Gasteiger charge is -2.32. The molecule has 2 aliphatic rings. The molecule has 2 aliphatic heterocycles. The Morgan fingerprint density at radius 1 is 1.27 bits per heavy atom. The average molecular weight is 300 g/mol. The zero-order valence-corrected chi connectivity index (χ0v) is 11.9. The van der Waals surface area contributed by atoms with E-state index in [-0.39, 0.29) is 24.5 Å². The van der Waals surface area contributed by atoms with E-state index in [1.165, 1.54) is 5.06 Å². The van der Waals surface area contributed by atoms with Gasteiger partial charge in [-0.15, -0.1) is 0 Å². The molecule has 2 aromatic carbocycles. The number of carbonyl (C=O) groups excluding carboxylic acids is 1. The maximum absolute atomic E-state index is 12.2. The SMILES string of the molecule is NOCC(=O)N1OC[C@@H]2COc3ccc4ccccc4c3[C@@H]21. The monoisotopic (exact) mass is 300 g/mol. The molecule has 1 fully saturated rings. The quantitative estimate of drug-likeness (QED) is 0.852. The molecule has 2 N–H and O–H groups in total. The fraction of sp³-hybridized carbons (Fsp3) is 0.312. The highest BCUT2D eigenvalue weighted by Crippen LogP contribution is 2.46. The maximum Gasteiger partial charge on any atom is 0.274 e. The van der Waals surface area contributed by atoms with E-state index >= 15 is 0 Å². The third-order valence-electron chi connectivity index (χ3n) is 4.26. The summed E-state index contributed by atoms with van der Waals surface area (Å²) >= 11 is 0. The van der Waals surface area contributed by atoms with Gasteiger partial charge in [-0.1, -0.05) is 30.3 Å². The predicted molar refractivity (Wildman–Crippen MR) is 78.6 cm³/mol. The Hall–Kier alpha value is -2.15. The minimum absolute atomic E-state index is 0.111. The molecule has 0 unspecified atom stereocenters. The smallest absolute Gasteiger partial charge is 0.274 e. The summed E-state index contributed by atoms with van der Waals surface area (Å²) in [6, 6.07) is 11.9. The Bertz CT molecular complexity index is 733. The van der Waals surface area contributed by atoms with Gasteiger partial charge in [0.15, 0.2) is 0 Å². The fourth-order valence-electron chi connectivity index (χ4n) is 3.30. The van der Waals surface area contributed by atoms with E-state index < -0.39 is 0 Å². The highest BCUT2D eigenvalue weighted by atomic mass is 16.7. The number of nitrogens with two attached hydrogens (primary N) is 1. The second-order valence-corrected chi connectivity index (χ2v) is 5.54. The lowest BCUT2D eigenvalue weighted by atomic mass is 9.88. The molecule has 0 bridgehead atoms. The number of hydroxylamine groups is 2. The van der Waals surface area contributed by atoms with Crippen LogP contribution in [-0.4, -0.2) is 30.8 Å². The van der Waals surface area contributed by atoms with E-state index in [9.17, 15) is 4.79 Å². The normalized spacial score (nSPS) is 23.0. The molecule has 4 rings (SSSR count). The molecule has 1 saturated heterocycles. The summed E-state index contributed by atoms with van der Waals surface area (Å²) in [6.45, 7) is 0.775. The van der Waals surface area contributed by atoms with Crippen LogP contribution in [0.4, 0.5) is 0 Å². The van der Waals surface area contributed by atoms with Crippen molar-refractivity contribution in [3.63, 3.8) is 0 Å². The van der Waals surface area contributed by atoms with E-state index in [0.29, 0.717) is 13.2 Å². The molecule has 0 spiro atoms. The van der Waals surface area contributed by atoms with E-state index in [0.717, 1.165) is 22.1 Å². The van der Waals surface area contributed by atoms with E-state index in [1.807, 2.05) is 36.4 Å². The van der Waals surface area contributed by atoms with Gasteiger partial charge in [0, 0.05) is 11.5 Å². The van der Waals surface area contributed by atoms with E-state index in [4.69, 9.17) is 15.5 Å². The van der Waals surface area contributed by atoms with Gasteiger partial charge in [0.05, 0.1) is 19.3 Å². The lowest BCUT2D eigenvalue weighted by Crippen LogP contribution is -2.37. The molecule has 6 heteroatoms. The van der Waals surface area contributed by atoms with Crippen molar-refractivity contribution < 1.29 is 19.2 Å². The molecule has 1 amide bonds. The molecule has 0 radical (unpaired) electrons. The van der Waals surface area contributed by atoms with Crippen LogP contribution in [0.1, 0.15) is 11.6 Å². The van der Waals surface area contributed by atoms with Gasteiger partial charge >= 0.3 is 0 Å². The Morgan fingerprint density at radius 3 is 3.00 bits per heavy atom. The van der Waals surface area contributed by atoms with Crippen molar-refractivity contribution in [2.24, 2.45) is 11.8 Å². The van der Waals surface area contributed by atoms with Gasteiger partial charge in [0.25, 0.3) is 5.91 Å². The number of hydrogen-bond acceptors (Lipinski definition) is 5. The Morgan fingerprint density at radius 2 is 2.14 bits per heavy atom. The number of fused-ring (bicyclic) bond motifs is 5. The summed E-state index contributed by atoms with van der Waals surface area (Å²) in [6.07, 6.45) is 0. The van der Waals surface area contributed by atoms with Gasteiger partial charge in [-0.3, -0.25) is 14.5 Å². The minimum Gasteiger partial charge on any atom is -0.493 e. The van der Waals surface area contributed by atoms with Gasteiger partial charge in [-0.25, -0.2) is 11.0 Å². The minimum atomic E-state index is -0.282. The molecule has 2 aromatic rings. The third-order valence-corrected chi connectivity index (χ3v) is 4.26. The van der Waals surface area contributed by atoms with Gasteiger partial charge in [-0.2, -0.15) is 0 Å². The number of hydrogen-bond donors (Lipinski definition) is 1. The van der Waals surface area contributed by atoms with Crippen LogP contribution in [0.3, 0.4) is 0 Å². The van der Waals surface area contributed by atoms with Crippen LogP contribution in [0, 0.1) is 5.92 Å². The van der Waals surface area contributed by atoms with Crippen LogP contribution in [0.25, 0.3) is 10.8 Å². The second-order valence-electron chi connectivity index (χ2n) is 5.54. The molecule has 0 saturated carbocycles. The Kier molecular flexibility index (Phi) is 3.22. The molecular formula is C16H16N2O4. The van der Waals surface area contributed by atoms with E-state index in [2.05, 4.69) is 4.84 Å². The van der Waals surface area contributed by atoms with Crippen molar-refractivity contribution in [1.82, 2.24) is 5.06 Å². The van der Waals surface area contributed by atoms with Gasteiger partial charge in [-0.05, 0) is 16.8 Å². The molecule has 114 valence electrons. The predicted octanol–water partition coefficient (Wildman–Crippen LogP) is 1.55. The lowest BCUT2D eigenvalue weighted by molar-refractivity contribution is -0.182. The number of carbonyl (C=O) groups is 1. The van der Waals surface area contributed by atoms with E-state index in [1.54, 1.807) is 0 Å². The third kappa shape index (κ3) is 1.96. The van der Waals surface area contributed by atoms with Crippen LogP contribution in [0.5, 0.6) is 5.75 Å². The Balaban J connectivity index is 1.85. The largest absolute Gasteiger partial charge is 0.493 e. The number of nitrogens with zero attached hydrogens (tertiary/aromatic N) is 1. The Labute approximate surface area is 127 Å². The molecular weight excluding hydrogens is 284 g/mol. The van der Waals surface area contributed by atoms with Crippen molar-refractivity contribution in [2.75, 3.05) is 19.8 Å². The standard InChI is InChI=1S/C16H16N2O4/c17-21-9-14(19)18-16-11(8-22-18)7-20-13-6-5-10-3-1-2-4-12(10)15(13)16/h1-6,11,16H,7-9,17H2/t11-,16+/m0/s1. The zero-order valence-electron chi connectivity index (χ0n) is 11.9. The topological polar surface area (TPSA) is 74.0 Å². The molecule has 22 heavy (non-hydrogen) atoms. The van der Waals surface area contributed by atoms with Crippen LogP contribution in [-0.2, 0) is 14.5 Å². The molecule has 0 aromatic heterocycles. The molecule has 2 atom stereocenters. The van der Waals surface area contributed by atoms with Crippen molar-refractivity contribution >= 4 is 16.7 Å². The van der Waals surface area contributed by atoms with Crippen molar-refractivity contribution in [3.8, 4) is 5.75 Å². The molecule has 0 aliphatic carbocycles. The number of amides is 1. The number of rotatable bonds is 2. The first-order valence-corrected chi connectivity index (χ1v) is 7.20. The van der Waals surface area contributed by atoms with Crippen molar-refractivity contribution in [3.05, 3.63) is 42.0 Å². The van der Waals surface area contributed by atoms with Crippen LogP contribution >= 0.6 is 0 Å². The summed E-state index contributed by atoms with van der Waals surface area (Å²) in [4.78, 5) is 22.3. The fourth-order valence-corrected chi connectivity index (χ4v) is 3.30. The van der Waals surface area contributed by atoms with Crippen LogP contribution in [0.15, 0.2) is 36.4 Å². The van der Waals surface area contributed by atoms with Gasteiger partial charge < -0.3 is 4.74 Å². The van der Waals surface area contributed by atoms with Gasteiger partial charge in [0.2, 0.25) is 0 Å². The highest BCUT2D eigenvalue weighted by molar-refractivity contribution is 5.89. The van der Waals surface area contributed by atoms with Crippen LogP contribution in [0.2, 0.25) is 0 Å². The van der Waals surface area contributed by atoms with Crippen molar-refractivity contribution in [1.29, 1.82) is 0 Å². The van der Waals surface area contributed by atoms with Crippen molar-refractivity contribution in [2.45, 2.75) is 6.04 Å². The first-order chi connectivity index (χ1) is 10.8. The second kappa shape index (κ2) is 5.24. The number of benzene rings is 2. The first kappa shape index (κ1) is 13.5. The maximum atomic E-state index is 12.2. The summed E-state index contributed by atoms with van der Waals surface area (Å²) in [7, 11) is 0. The first-order valence-electron chi connectivity index (χ1n) is 7.20. The van der Waals surface area contributed by atoms with Gasteiger partial charge in [0.1, 0.15) is 12.4 Å². The molecule has 2 heterocycles. The summed E-state index contributed by atoms with van der Waals surface area (Å²) in [5.74, 6) is 5.65. The summed E-state index contributed by atoms with van der Waals surface area (Å²) in [5, 5.41) is 3.58. The highest BCUT2D eigenvalue weighted by Gasteiger charge is 2.44. The van der Waals surface area contributed by atoms with Crippen LogP contribution < -0.4 is 10.6 Å². The zero-order chi connectivity index (χ0) is 15.1. The molecule has 6 nitrogen and oxygen atoms in total. The summed E-state index contributed by atoms with van der Waals surface area (Å²) in [5.41, 5.74) is 0.997. The average Bonchev–Trinajstić information content (AvgIpc) is 2.99.